The third-order valence-corrected chi connectivity index (χ3v) is 2.60. The van der Waals surface area contributed by atoms with E-state index in [-0.39, 0.29) is 5.92 Å². The summed E-state index contributed by atoms with van der Waals surface area (Å²) in [5.41, 5.74) is 0.870. The Kier molecular flexibility index (Phi) is 15.0. The third kappa shape index (κ3) is 13.4. The number of hydrogen-bond acceptors (Lipinski definition) is 2. The molecule has 0 unspecified atom stereocenters. The van der Waals surface area contributed by atoms with Crippen molar-refractivity contribution in [2.45, 2.75) is 53.4 Å². The predicted octanol–water partition coefficient (Wildman–Crippen LogP) is 4.14. The molecule has 0 aromatic rings. The molecule has 0 saturated heterocycles. The van der Waals surface area contributed by atoms with Crippen LogP contribution >= 0.6 is 11.6 Å². The van der Waals surface area contributed by atoms with E-state index in [0.29, 0.717) is 18.1 Å². The lowest BCUT2D eigenvalue weighted by Gasteiger charge is -2.06. The minimum absolute atomic E-state index is 0.180. The molecule has 0 saturated carbocycles. The maximum absolute atomic E-state index is 11.3. The normalized spacial score (nSPS) is 9.53. The van der Waals surface area contributed by atoms with Crippen molar-refractivity contribution in [3.05, 3.63) is 12.3 Å². The van der Waals surface area contributed by atoms with Gasteiger partial charge in [0.05, 0.1) is 5.88 Å². The number of hydrogen-bond donors (Lipinski definition) is 1. The minimum atomic E-state index is 0.180. The molecular formula is C14H28ClNO. The molecule has 0 aliphatic rings. The van der Waals surface area contributed by atoms with Gasteiger partial charge in [0, 0.05) is 24.6 Å². The molecule has 0 aliphatic carbocycles. The molecule has 102 valence electrons. The lowest BCUT2D eigenvalue weighted by Crippen LogP contribution is -2.14. The molecule has 0 aromatic heterocycles. The number of nitrogens with one attached hydrogen (secondary N) is 1. The van der Waals surface area contributed by atoms with E-state index in [9.17, 15) is 4.79 Å². The molecule has 0 rings (SSSR count). The van der Waals surface area contributed by atoms with Crippen molar-refractivity contribution >= 4 is 17.4 Å². The highest BCUT2D eigenvalue weighted by Gasteiger charge is 2.05. The van der Waals surface area contributed by atoms with Crippen molar-refractivity contribution in [2.24, 2.45) is 5.92 Å². The maximum Gasteiger partial charge on any atom is 0.135 e. The molecule has 0 amide bonds. The van der Waals surface area contributed by atoms with Gasteiger partial charge in [-0.1, -0.05) is 40.7 Å². The Bertz CT molecular complexity index is 202. The first-order valence-electron chi connectivity index (χ1n) is 6.58. The standard InChI is InChI=1S/C12H22ClNO.C2H6/c1-10(2)12(15)7-5-4-6-8-14-11(3)9-13;1-2/h10,14H,3-9H2,1-2H3;1-2H3. The molecule has 0 atom stereocenters. The Morgan fingerprint density at radius 2 is 1.82 bits per heavy atom. The van der Waals surface area contributed by atoms with Gasteiger partial charge in [-0.05, 0) is 12.8 Å². The van der Waals surface area contributed by atoms with Gasteiger partial charge in [-0.3, -0.25) is 4.79 Å². The summed E-state index contributed by atoms with van der Waals surface area (Å²) in [7, 11) is 0. The van der Waals surface area contributed by atoms with E-state index in [1.165, 1.54) is 0 Å². The zero-order chi connectivity index (χ0) is 13.7. The Labute approximate surface area is 112 Å². The Hall–Kier alpha value is -0.500. The first-order chi connectivity index (χ1) is 8.07. The minimum Gasteiger partial charge on any atom is -0.388 e. The summed E-state index contributed by atoms with van der Waals surface area (Å²) in [6.07, 6.45) is 3.86. The molecule has 2 nitrogen and oxygen atoms in total. The number of alkyl halides is 1. The molecule has 3 heteroatoms. The van der Waals surface area contributed by atoms with Crippen LogP contribution in [0.4, 0.5) is 0 Å². The summed E-state index contributed by atoms with van der Waals surface area (Å²) in [6, 6.07) is 0. The van der Waals surface area contributed by atoms with Crippen molar-refractivity contribution < 1.29 is 4.79 Å². The van der Waals surface area contributed by atoms with Crippen LogP contribution in [0.1, 0.15) is 53.4 Å². The molecule has 0 spiro atoms. The SMILES string of the molecule is C=C(CCl)NCCCCCC(=O)C(C)C.CC. The van der Waals surface area contributed by atoms with Gasteiger partial charge >= 0.3 is 0 Å². The molecule has 0 fully saturated rings. The summed E-state index contributed by atoms with van der Waals surface area (Å²) < 4.78 is 0. The zero-order valence-electron chi connectivity index (χ0n) is 11.8. The number of rotatable bonds is 9. The molecule has 0 bridgehead atoms. The first-order valence-corrected chi connectivity index (χ1v) is 7.11. The number of ketones is 1. The van der Waals surface area contributed by atoms with Gasteiger partial charge in [-0.25, -0.2) is 0 Å². The van der Waals surface area contributed by atoms with Crippen molar-refractivity contribution in [3.63, 3.8) is 0 Å². The summed E-state index contributed by atoms with van der Waals surface area (Å²) in [5, 5.41) is 3.13. The number of unbranched alkanes of at least 4 members (excludes halogenated alkanes) is 2. The average Bonchev–Trinajstić information content (AvgIpc) is 2.35. The fourth-order valence-corrected chi connectivity index (χ4v) is 1.30. The van der Waals surface area contributed by atoms with Gasteiger partial charge in [0.1, 0.15) is 5.78 Å². The number of Topliss-reactive ketones (excluding diaryl/α,β-unsaturated/α-hetero) is 1. The summed E-state index contributed by atoms with van der Waals surface area (Å²) in [4.78, 5) is 11.3. The number of carbonyl (C=O) groups is 1. The molecule has 0 heterocycles. The van der Waals surface area contributed by atoms with Gasteiger partial charge < -0.3 is 5.32 Å². The van der Waals surface area contributed by atoms with Gasteiger partial charge in [-0.15, -0.1) is 11.6 Å². The van der Waals surface area contributed by atoms with Crippen LogP contribution in [0.25, 0.3) is 0 Å². The van der Waals surface area contributed by atoms with Crippen LogP contribution in [0.5, 0.6) is 0 Å². The predicted molar refractivity (Wildman–Crippen MR) is 77.5 cm³/mol. The lowest BCUT2D eigenvalue weighted by atomic mass is 10.0. The second kappa shape index (κ2) is 13.6. The average molecular weight is 262 g/mol. The second-order valence-corrected chi connectivity index (χ2v) is 4.36. The van der Waals surface area contributed by atoms with E-state index in [2.05, 4.69) is 11.9 Å². The fraction of sp³-hybridized carbons (Fsp3) is 0.786. The van der Waals surface area contributed by atoms with Gasteiger partial charge in [0.2, 0.25) is 0 Å². The van der Waals surface area contributed by atoms with Crippen LogP contribution in [-0.4, -0.2) is 18.2 Å². The van der Waals surface area contributed by atoms with Crippen LogP contribution in [-0.2, 0) is 4.79 Å². The van der Waals surface area contributed by atoms with E-state index < -0.39 is 0 Å². The van der Waals surface area contributed by atoms with Gasteiger partial charge in [0.25, 0.3) is 0 Å². The quantitative estimate of drug-likeness (QED) is 0.499. The Morgan fingerprint density at radius 1 is 1.24 bits per heavy atom. The Balaban J connectivity index is 0. The van der Waals surface area contributed by atoms with Crippen LogP contribution in [0.3, 0.4) is 0 Å². The fourth-order valence-electron chi connectivity index (χ4n) is 1.20. The molecule has 0 aromatic carbocycles. The lowest BCUT2D eigenvalue weighted by molar-refractivity contribution is -0.122. The van der Waals surface area contributed by atoms with Crippen molar-refractivity contribution in [2.75, 3.05) is 12.4 Å². The summed E-state index contributed by atoms with van der Waals surface area (Å²) >= 11 is 5.56. The first kappa shape index (κ1) is 18.9. The topological polar surface area (TPSA) is 29.1 Å². The molecule has 17 heavy (non-hydrogen) atoms. The van der Waals surface area contributed by atoms with Gasteiger partial charge in [-0.2, -0.15) is 0 Å². The Morgan fingerprint density at radius 3 is 2.29 bits per heavy atom. The maximum atomic E-state index is 11.3. The van der Waals surface area contributed by atoms with Crippen LogP contribution in [0.2, 0.25) is 0 Å². The molecular weight excluding hydrogens is 234 g/mol. The third-order valence-electron chi connectivity index (χ3n) is 2.28. The summed E-state index contributed by atoms with van der Waals surface area (Å²) in [6.45, 7) is 12.6. The number of halogens is 1. The largest absolute Gasteiger partial charge is 0.388 e. The zero-order valence-corrected chi connectivity index (χ0v) is 12.6. The van der Waals surface area contributed by atoms with Crippen LogP contribution in [0, 0.1) is 5.92 Å². The van der Waals surface area contributed by atoms with Crippen molar-refractivity contribution in [3.8, 4) is 0 Å². The molecule has 1 N–H and O–H groups in total. The number of allylic oxidation sites excluding steroid dienone is 1. The monoisotopic (exact) mass is 261 g/mol. The summed E-state index contributed by atoms with van der Waals surface area (Å²) in [5.74, 6) is 1.01. The van der Waals surface area contributed by atoms with E-state index in [4.69, 9.17) is 11.6 Å². The van der Waals surface area contributed by atoms with Gasteiger partial charge in [0.15, 0.2) is 0 Å². The van der Waals surface area contributed by atoms with Crippen LogP contribution < -0.4 is 5.32 Å². The highest BCUT2D eigenvalue weighted by molar-refractivity contribution is 6.19. The van der Waals surface area contributed by atoms with E-state index >= 15 is 0 Å². The number of carbonyl (C=O) groups excluding carboxylic acids is 1. The van der Waals surface area contributed by atoms with Crippen molar-refractivity contribution in [1.82, 2.24) is 5.32 Å². The highest BCUT2D eigenvalue weighted by atomic mass is 35.5. The molecule has 0 radical (unpaired) electrons. The molecule has 0 aliphatic heterocycles. The van der Waals surface area contributed by atoms with E-state index in [1.807, 2.05) is 27.7 Å². The second-order valence-electron chi connectivity index (χ2n) is 4.10. The van der Waals surface area contributed by atoms with Crippen molar-refractivity contribution in [1.29, 1.82) is 0 Å². The van der Waals surface area contributed by atoms with E-state index in [1.54, 1.807) is 0 Å². The smallest absolute Gasteiger partial charge is 0.135 e. The highest BCUT2D eigenvalue weighted by Crippen LogP contribution is 2.05. The van der Waals surface area contributed by atoms with E-state index in [0.717, 1.165) is 31.5 Å². The van der Waals surface area contributed by atoms with Crippen LogP contribution in [0.15, 0.2) is 12.3 Å².